The van der Waals surface area contributed by atoms with Crippen molar-refractivity contribution < 1.29 is 23.1 Å². The predicted molar refractivity (Wildman–Crippen MR) is 56.2 cm³/mol. The number of carbonyl (C=O) groups is 1. The van der Waals surface area contributed by atoms with Crippen molar-refractivity contribution in [2.75, 3.05) is 0 Å². The molecule has 8 heteroatoms. The number of sulfonamides is 1. The summed E-state index contributed by atoms with van der Waals surface area (Å²) in [5.74, 6) is -1.33. The van der Waals surface area contributed by atoms with Gasteiger partial charge in [-0.3, -0.25) is 0 Å². The zero-order valence-corrected chi connectivity index (χ0v) is 9.48. The van der Waals surface area contributed by atoms with E-state index in [4.69, 9.17) is 15.0 Å². The molecule has 1 saturated carbocycles. The molecule has 1 aliphatic carbocycles. The Balaban J connectivity index is 2.47. The molecule has 0 unspecified atom stereocenters. The van der Waals surface area contributed by atoms with Gasteiger partial charge in [0.2, 0.25) is 5.03 Å². The van der Waals surface area contributed by atoms with E-state index in [0.29, 0.717) is 0 Å². The van der Waals surface area contributed by atoms with Crippen LogP contribution in [-0.2, 0) is 10.0 Å². The van der Waals surface area contributed by atoms with Crippen LogP contribution in [0.2, 0.25) is 0 Å². The zero-order chi connectivity index (χ0) is 12.6. The smallest absolute Gasteiger partial charge is 0.354 e. The largest absolute Gasteiger partial charge is 0.487 e. The molecule has 7 nitrogen and oxygen atoms in total. The van der Waals surface area contributed by atoms with Gasteiger partial charge in [0.15, 0.2) is 5.75 Å². The quantitative estimate of drug-likeness (QED) is 0.782. The van der Waals surface area contributed by atoms with E-state index >= 15 is 0 Å². The van der Waals surface area contributed by atoms with E-state index in [1.54, 1.807) is 0 Å². The summed E-state index contributed by atoms with van der Waals surface area (Å²) in [5, 5.41) is 13.1. The second-order valence-electron chi connectivity index (χ2n) is 3.67. The number of aromatic nitrogens is 1. The lowest BCUT2D eigenvalue weighted by atomic mass is 10.3. The van der Waals surface area contributed by atoms with Crippen LogP contribution < -0.4 is 9.88 Å². The molecular formula is C9H10N2O5S. The Morgan fingerprint density at radius 3 is 2.59 bits per heavy atom. The van der Waals surface area contributed by atoms with Crippen molar-refractivity contribution >= 4 is 16.0 Å². The molecule has 0 radical (unpaired) electrons. The van der Waals surface area contributed by atoms with E-state index in [-0.39, 0.29) is 11.9 Å². The standard InChI is InChI=1S/C9H10N2O5S/c10-17(14,15)8-7(16-5-1-2-5)4-3-6(11-8)9(12)13/h3-5H,1-2H2,(H,12,13)(H2,10,14,15). The van der Waals surface area contributed by atoms with Crippen molar-refractivity contribution in [3.8, 4) is 5.75 Å². The molecule has 1 aromatic rings. The Kier molecular flexibility index (Phi) is 2.76. The number of hydrogen-bond donors (Lipinski definition) is 2. The first-order valence-corrected chi connectivity index (χ1v) is 6.36. The molecule has 2 rings (SSSR count). The average molecular weight is 258 g/mol. The molecule has 17 heavy (non-hydrogen) atoms. The van der Waals surface area contributed by atoms with Crippen LogP contribution in [0.4, 0.5) is 0 Å². The van der Waals surface area contributed by atoms with Crippen molar-refractivity contribution in [2.45, 2.75) is 24.0 Å². The summed E-state index contributed by atoms with van der Waals surface area (Å²) < 4.78 is 27.8. The fraction of sp³-hybridized carbons (Fsp3) is 0.333. The first-order valence-electron chi connectivity index (χ1n) is 4.82. The minimum absolute atomic E-state index is 0.000000000000000444. The van der Waals surface area contributed by atoms with Gasteiger partial charge < -0.3 is 9.84 Å². The highest BCUT2D eigenvalue weighted by Crippen LogP contribution is 2.30. The van der Waals surface area contributed by atoms with Gasteiger partial charge in [0.05, 0.1) is 6.10 Å². The van der Waals surface area contributed by atoms with E-state index in [0.717, 1.165) is 12.8 Å². The van der Waals surface area contributed by atoms with Crippen molar-refractivity contribution in [1.29, 1.82) is 0 Å². The van der Waals surface area contributed by atoms with E-state index in [2.05, 4.69) is 4.98 Å². The number of pyridine rings is 1. The monoisotopic (exact) mass is 258 g/mol. The molecule has 0 atom stereocenters. The Morgan fingerprint density at radius 2 is 2.12 bits per heavy atom. The van der Waals surface area contributed by atoms with E-state index in [1.807, 2.05) is 0 Å². The minimum atomic E-state index is -4.11. The zero-order valence-electron chi connectivity index (χ0n) is 8.66. The number of nitrogens with two attached hydrogens (primary N) is 1. The van der Waals surface area contributed by atoms with Crippen LogP contribution in [0.3, 0.4) is 0 Å². The van der Waals surface area contributed by atoms with Gasteiger partial charge >= 0.3 is 5.97 Å². The SMILES string of the molecule is NS(=O)(=O)c1nc(C(=O)O)ccc1OC1CC1. The van der Waals surface area contributed by atoms with Crippen LogP contribution in [0.5, 0.6) is 5.75 Å². The molecule has 0 aromatic carbocycles. The highest BCUT2D eigenvalue weighted by molar-refractivity contribution is 7.89. The second-order valence-corrected chi connectivity index (χ2v) is 5.14. The summed E-state index contributed by atoms with van der Waals surface area (Å²) in [6.07, 6.45) is 1.64. The summed E-state index contributed by atoms with van der Waals surface area (Å²) in [5.41, 5.74) is -0.392. The Morgan fingerprint density at radius 1 is 1.47 bits per heavy atom. The third kappa shape index (κ3) is 2.71. The molecule has 0 amide bonds. The number of nitrogens with zero attached hydrogens (tertiary/aromatic N) is 1. The molecule has 1 aliphatic rings. The third-order valence-electron chi connectivity index (χ3n) is 2.13. The summed E-state index contributed by atoms with van der Waals surface area (Å²) in [7, 11) is -4.11. The van der Waals surface area contributed by atoms with Crippen molar-refractivity contribution in [3.63, 3.8) is 0 Å². The van der Waals surface area contributed by atoms with Crippen LogP contribution in [0.1, 0.15) is 23.3 Å². The number of rotatable bonds is 4. The molecule has 0 bridgehead atoms. The topological polar surface area (TPSA) is 120 Å². The van der Waals surface area contributed by atoms with Gasteiger partial charge in [0, 0.05) is 0 Å². The lowest BCUT2D eigenvalue weighted by Gasteiger charge is -2.08. The number of carboxylic acid groups (broad SMARTS) is 1. The first kappa shape index (κ1) is 11.8. The summed E-state index contributed by atoms with van der Waals surface area (Å²) in [4.78, 5) is 14.2. The van der Waals surface area contributed by atoms with Crippen LogP contribution in [0.15, 0.2) is 17.2 Å². The van der Waals surface area contributed by atoms with E-state index in [9.17, 15) is 13.2 Å². The maximum absolute atomic E-state index is 11.3. The Hall–Kier alpha value is -1.67. The Labute approximate surface area is 97.3 Å². The summed E-state index contributed by atoms with van der Waals surface area (Å²) >= 11 is 0. The molecule has 0 saturated heterocycles. The average Bonchev–Trinajstić information content (AvgIpc) is 3.00. The molecule has 1 heterocycles. The predicted octanol–water partition coefficient (Wildman–Crippen LogP) is -0.0316. The minimum Gasteiger partial charge on any atom is -0.487 e. The number of hydrogen-bond acceptors (Lipinski definition) is 5. The van der Waals surface area contributed by atoms with Gasteiger partial charge in [-0.05, 0) is 25.0 Å². The summed E-state index contributed by atoms with van der Waals surface area (Å²) in [6.45, 7) is 0. The van der Waals surface area contributed by atoms with Gasteiger partial charge in [-0.1, -0.05) is 0 Å². The molecule has 0 spiro atoms. The maximum Gasteiger partial charge on any atom is 0.354 e. The van der Waals surface area contributed by atoms with Gasteiger partial charge in [-0.2, -0.15) is 0 Å². The number of primary sulfonamides is 1. The highest BCUT2D eigenvalue weighted by atomic mass is 32.2. The van der Waals surface area contributed by atoms with Gasteiger partial charge in [-0.25, -0.2) is 23.3 Å². The number of carboxylic acids is 1. The van der Waals surface area contributed by atoms with Crippen molar-refractivity contribution in [1.82, 2.24) is 4.98 Å². The van der Waals surface area contributed by atoms with Crippen LogP contribution in [0.25, 0.3) is 0 Å². The van der Waals surface area contributed by atoms with Gasteiger partial charge in [0.1, 0.15) is 5.69 Å². The molecular weight excluding hydrogens is 248 g/mol. The maximum atomic E-state index is 11.3. The van der Waals surface area contributed by atoms with Gasteiger partial charge in [0.25, 0.3) is 10.0 Å². The fourth-order valence-corrected chi connectivity index (χ4v) is 1.83. The van der Waals surface area contributed by atoms with Gasteiger partial charge in [-0.15, -0.1) is 0 Å². The second kappa shape index (κ2) is 3.97. The van der Waals surface area contributed by atoms with Crippen LogP contribution in [-0.4, -0.2) is 30.6 Å². The molecule has 1 fully saturated rings. The highest BCUT2D eigenvalue weighted by Gasteiger charge is 2.28. The van der Waals surface area contributed by atoms with E-state index < -0.39 is 26.7 Å². The Bertz CT molecular complexity index is 565. The third-order valence-corrected chi connectivity index (χ3v) is 2.96. The molecule has 1 aromatic heterocycles. The molecule has 3 N–H and O–H groups in total. The number of ether oxygens (including phenoxy) is 1. The molecule has 92 valence electrons. The first-order chi connectivity index (χ1) is 7.88. The lowest BCUT2D eigenvalue weighted by Crippen LogP contribution is -2.18. The van der Waals surface area contributed by atoms with Crippen molar-refractivity contribution in [3.05, 3.63) is 17.8 Å². The number of aromatic carboxylic acids is 1. The normalized spacial score (nSPS) is 15.6. The van der Waals surface area contributed by atoms with E-state index in [1.165, 1.54) is 12.1 Å². The lowest BCUT2D eigenvalue weighted by molar-refractivity contribution is 0.0689. The van der Waals surface area contributed by atoms with Crippen LogP contribution in [0, 0.1) is 0 Å². The molecule has 0 aliphatic heterocycles. The van der Waals surface area contributed by atoms with Crippen molar-refractivity contribution in [2.24, 2.45) is 5.14 Å². The fourth-order valence-electron chi connectivity index (χ4n) is 1.21. The summed E-state index contributed by atoms with van der Waals surface area (Å²) in [6, 6.07) is 2.43. The van der Waals surface area contributed by atoms with Crippen LogP contribution >= 0.6 is 0 Å².